The highest BCUT2D eigenvalue weighted by Gasteiger charge is 2.15. The molecule has 0 saturated heterocycles. The van der Waals surface area contributed by atoms with E-state index in [4.69, 9.17) is 0 Å². The second-order valence-corrected chi connectivity index (χ2v) is 4.16. The molecule has 0 radical (unpaired) electrons. The minimum atomic E-state index is -1.60. The summed E-state index contributed by atoms with van der Waals surface area (Å²) in [5.41, 5.74) is 2.88. The van der Waals surface area contributed by atoms with Gasteiger partial charge in [0.2, 0.25) is 0 Å². The summed E-state index contributed by atoms with van der Waals surface area (Å²) in [6, 6.07) is 5.54. The van der Waals surface area contributed by atoms with Gasteiger partial charge in [0, 0.05) is 5.92 Å². The van der Waals surface area contributed by atoms with Gasteiger partial charge < -0.3 is 19.8 Å². The summed E-state index contributed by atoms with van der Waals surface area (Å²) in [6.45, 7) is 3.97. The van der Waals surface area contributed by atoms with Crippen LogP contribution in [0.1, 0.15) is 30.5 Å². The largest absolute Gasteiger partial charge is 0.549 e. The lowest BCUT2D eigenvalue weighted by Crippen LogP contribution is -2.44. The van der Waals surface area contributed by atoms with Crippen molar-refractivity contribution in [3.05, 3.63) is 34.9 Å². The highest BCUT2D eigenvalue weighted by molar-refractivity contribution is 5.91. The van der Waals surface area contributed by atoms with E-state index in [-0.39, 0.29) is 6.42 Å². The molecule has 0 spiro atoms. The van der Waals surface area contributed by atoms with Gasteiger partial charge in [-0.15, -0.1) is 0 Å². The van der Waals surface area contributed by atoms with Crippen LogP contribution in [0.5, 0.6) is 0 Å². The lowest BCUT2D eigenvalue weighted by atomic mass is 9.91. The Bertz CT molecular complexity index is 437. The molecular weight excluding hydrogens is 232 g/mol. The Morgan fingerprint density at radius 3 is 2.06 bits per heavy atom. The third kappa shape index (κ3) is 3.09. The fraction of sp³-hybridized carbons (Fsp3) is 0.429. The first kappa shape index (κ1) is 14.2. The van der Waals surface area contributed by atoms with Gasteiger partial charge >= 0.3 is 0 Å². The molecule has 1 aromatic rings. The van der Waals surface area contributed by atoms with Gasteiger partial charge in [-0.25, -0.2) is 0 Å². The molecule has 1 aromatic carbocycles. The number of aliphatic carboxylic acids is 2. The summed E-state index contributed by atoms with van der Waals surface area (Å²) in [7, 11) is 0. The average molecular weight is 248 g/mol. The normalized spacial score (nSPS) is 10.6. The Balaban J connectivity index is 3.09. The van der Waals surface area contributed by atoms with E-state index in [1.165, 1.54) is 0 Å². The Labute approximate surface area is 106 Å². The predicted molar refractivity (Wildman–Crippen MR) is 62.4 cm³/mol. The van der Waals surface area contributed by atoms with Crippen molar-refractivity contribution in [1.82, 2.24) is 0 Å². The second kappa shape index (κ2) is 6.19. The molecule has 0 aliphatic rings. The van der Waals surface area contributed by atoms with E-state index in [1.807, 2.05) is 26.0 Å². The van der Waals surface area contributed by atoms with Crippen molar-refractivity contribution in [3.63, 3.8) is 0 Å². The highest BCUT2D eigenvalue weighted by atomic mass is 16.4. The molecular formula is C14H16O4-2. The van der Waals surface area contributed by atoms with Crippen LogP contribution >= 0.6 is 0 Å². The zero-order chi connectivity index (χ0) is 13.7. The summed E-state index contributed by atoms with van der Waals surface area (Å²) in [6.07, 6.45) is 1.49. The van der Waals surface area contributed by atoms with E-state index < -0.39 is 17.9 Å². The standard InChI is InChI=1S/C14H18O4/c1-3-9-6-5-7-10(11(9)4-2)8-12(13(15)16)14(17)18/h5-7,12H,3-4,8H2,1-2H3,(H,15,16)(H,17,18)/p-2. The maximum atomic E-state index is 10.8. The van der Waals surface area contributed by atoms with Gasteiger partial charge in [0.1, 0.15) is 0 Å². The van der Waals surface area contributed by atoms with Crippen LogP contribution in [0, 0.1) is 5.92 Å². The van der Waals surface area contributed by atoms with E-state index in [1.54, 1.807) is 6.07 Å². The molecule has 1 rings (SSSR count). The number of hydrogen-bond acceptors (Lipinski definition) is 4. The van der Waals surface area contributed by atoms with Crippen molar-refractivity contribution in [2.75, 3.05) is 0 Å². The number of rotatable bonds is 6. The molecule has 0 unspecified atom stereocenters. The molecule has 0 fully saturated rings. The molecule has 0 aromatic heterocycles. The quantitative estimate of drug-likeness (QED) is 0.634. The Hall–Kier alpha value is -1.84. The molecule has 0 atom stereocenters. The molecule has 0 aliphatic heterocycles. The average Bonchev–Trinajstić information content (AvgIpc) is 2.34. The topological polar surface area (TPSA) is 80.3 Å². The monoisotopic (exact) mass is 248 g/mol. The lowest BCUT2D eigenvalue weighted by Gasteiger charge is -2.21. The minimum Gasteiger partial charge on any atom is -0.549 e. The van der Waals surface area contributed by atoms with Gasteiger partial charge in [0.25, 0.3) is 0 Å². The van der Waals surface area contributed by atoms with Crippen LogP contribution in [0.25, 0.3) is 0 Å². The Morgan fingerprint density at radius 1 is 1.06 bits per heavy atom. The summed E-state index contributed by atoms with van der Waals surface area (Å²) in [5, 5.41) is 21.5. The molecule has 0 saturated carbocycles. The van der Waals surface area contributed by atoms with Gasteiger partial charge in [-0.3, -0.25) is 0 Å². The fourth-order valence-corrected chi connectivity index (χ4v) is 2.15. The molecule has 98 valence electrons. The molecule has 4 heteroatoms. The predicted octanol–water partition coefficient (Wildman–Crippen LogP) is -0.530. The van der Waals surface area contributed by atoms with Crippen LogP contribution in [0.2, 0.25) is 0 Å². The van der Waals surface area contributed by atoms with Crippen molar-refractivity contribution in [2.24, 2.45) is 5.92 Å². The van der Waals surface area contributed by atoms with Crippen molar-refractivity contribution in [3.8, 4) is 0 Å². The molecule has 18 heavy (non-hydrogen) atoms. The molecule has 0 heterocycles. The minimum absolute atomic E-state index is 0.0817. The Kier molecular flexibility index (Phi) is 4.89. The zero-order valence-corrected chi connectivity index (χ0v) is 10.6. The number of carboxylic acids is 2. The summed E-state index contributed by atoms with van der Waals surface area (Å²) in [4.78, 5) is 21.5. The molecule has 4 nitrogen and oxygen atoms in total. The van der Waals surface area contributed by atoms with E-state index in [0.29, 0.717) is 0 Å². The number of carboxylic acid groups (broad SMARTS) is 2. The number of aryl methyl sites for hydroxylation is 1. The van der Waals surface area contributed by atoms with Gasteiger partial charge in [-0.05, 0) is 36.0 Å². The van der Waals surface area contributed by atoms with Crippen molar-refractivity contribution in [1.29, 1.82) is 0 Å². The Morgan fingerprint density at radius 2 is 1.61 bits per heavy atom. The van der Waals surface area contributed by atoms with Gasteiger partial charge in [-0.2, -0.15) is 0 Å². The van der Waals surface area contributed by atoms with E-state index in [0.717, 1.165) is 29.5 Å². The van der Waals surface area contributed by atoms with Crippen molar-refractivity contribution < 1.29 is 19.8 Å². The van der Waals surface area contributed by atoms with Crippen LogP contribution in [-0.4, -0.2) is 11.9 Å². The van der Waals surface area contributed by atoms with Gasteiger partial charge in [0.05, 0.1) is 11.9 Å². The molecule has 0 bridgehead atoms. The molecule has 0 amide bonds. The SMILES string of the molecule is CCc1cccc(CC(C(=O)[O-])C(=O)[O-])c1CC. The number of hydrogen-bond donors (Lipinski definition) is 0. The third-order valence-electron chi connectivity index (χ3n) is 3.10. The summed E-state index contributed by atoms with van der Waals surface area (Å²) < 4.78 is 0. The lowest BCUT2D eigenvalue weighted by molar-refractivity contribution is -0.331. The third-order valence-corrected chi connectivity index (χ3v) is 3.10. The van der Waals surface area contributed by atoms with Gasteiger partial charge in [-0.1, -0.05) is 32.0 Å². The molecule has 0 N–H and O–H groups in total. The first-order valence-electron chi connectivity index (χ1n) is 6.02. The van der Waals surface area contributed by atoms with Crippen LogP contribution in [0.3, 0.4) is 0 Å². The smallest absolute Gasteiger partial charge is 0.0504 e. The van der Waals surface area contributed by atoms with E-state index in [9.17, 15) is 19.8 Å². The van der Waals surface area contributed by atoms with E-state index in [2.05, 4.69) is 0 Å². The summed E-state index contributed by atoms with van der Waals surface area (Å²) in [5.74, 6) is -4.79. The van der Waals surface area contributed by atoms with Crippen molar-refractivity contribution in [2.45, 2.75) is 33.1 Å². The maximum absolute atomic E-state index is 10.8. The maximum Gasteiger partial charge on any atom is 0.0504 e. The highest BCUT2D eigenvalue weighted by Crippen LogP contribution is 2.19. The second-order valence-electron chi connectivity index (χ2n) is 4.16. The number of carbonyl (C=O) groups is 2. The van der Waals surface area contributed by atoms with Crippen LogP contribution in [0.15, 0.2) is 18.2 Å². The first-order chi connectivity index (χ1) is 8.51. The number of carbonyl (C=O) groups excluding carboxylic acids is 2. The van der Waals surface area contributed by atoms with Crippen LogP contribution in [0.4, 0.5) is 0 Å². The van der Waals surface area contributed by atoms with Crippen LogP contribution in [-0.2, 0) is 28.9 Å². The van der Waals surface area contributed by atoms with Crippen LogP contribution < -0.4 is 10.2 Å². The van der Waals surface area contributed by atoms with Crippen molar-refractivity contribution >= 4 is 11.9 Å². The first-order valence-corrected chi connectivity index (χ1v) is 6.02. The van der Waals surface area contributed by atoms with Gasteiger partial charge in [0.15, 0.2) is 0 Å². The fourth-order valence-electron chi connectivity index (χ4n) is 2.15. The molecule has 0 aliphatic carbocycles. The summed E-state index contributed by atoms with van der Waals surface area (Å²) >= 11 is 0. The number of benzene rings is 1. The van der Waals surface area contributed by atoms with E-state index >= 15 is 0 Å². The zero-order valence-electron chi connectivity index (χ0n) is 10.6.